The fraction of sp³-hybridized carbons (Fsp3) is 0.667. The molecule has 0 aromatic heterocycles. The van der Waals surface area contributed by atoms with Crippen LogP contribution in [0, 0.1) is 11.8 Å². The molecule has 1 aromatic rings. The Hall–Kier alpha value is -0.820. The van der Waals surface area contributed by atoms with E-state index in [-0.39, 0.29) is 0 Å². The molecule has 19 heavy (non-hydrogen) atoms. The summed E-state index contributed by atoms with van der Waals surface area (Å²) in [6.07, 6.45) is 5.81. The van der Waals surface area contributed by atoms with E-state index in [0.29, 0.717) is 12.0 Å². The molecular formula is C18H27N. The van der Waals surface area contributed by atoms with Gasteiger partial charge >= 0.3 is 0 Å². The summed E-state index contributed by atoms with van der Waals surface area (Å²) in [5.41, 5.74) is 2.88. The van der Waals surface area contributed by atoms with Gasteiger partial charge < -0.3 is 5.32 Å². The highest BCUT2D eigenvalue weighted by Crippen LogP contribution is 2.45. The minimum Gasteiger partial charge on any atom is -0.307 e. The molecule has 1 nitrogen and oxygen atoms in total. The van der Waals surface area contributed by atoms with Gasteiger partial charge in [-0.05, 0) is 61.5 Å². The van der Waals surface area contributed by atoms with Crippen molar-refractivity contribution >= 4 is 0 Å². The molecule has 2 saturated carbocycles. The average Bonchev–Trinajstić information content (AvgIpc) is 3.29. The number of rotatable bonds is 6. The van der Waals surface area contributed by atoms with Gasteiger partial charge in [-0.2, -0.15) is 0 Å². The second-order valence-corrected chi connectivity index (χ2v) is 6.91. The maximum Gasteiger partial charge on any atom is 0.0294 e. The monoisotopic (exact) mass is 257 g/mol. The SMILES string of the molecule is CC(C)c1ccc(C(C)NC(C2CC2)C2CC2)cc1. The molecule has 1 aromatic carbocycles. The summed E-state index contributed by atoms with van der Waals surface area (Å²) in [6, 6.07) is 10.5. The molecule has 1 unspecified atom stereocenters. The van der Waals surface area contributed by atoms with Crippen molar-refractivity contribution in [2.75, 3.05) is 0 Å². The molecule has 0 aliphatic heterocycles. The van der Waals surface area contributed by atoms with Crippen molar-refractivity contribution in [1.29, 1.82) is 0 Å². The molecule has 0 radical (unpaired) electrons. The number of hydrogen-bond donors (Lipinski definition) is 1. The summed E-state index contributed by atoms with van der Waals surface area (Å²) < 4.78 is 0. The molecule has 2 fully saturated rings. The van der Waals surface area contributed by atoms with Crippen molar-refractivity contribution < 1.29 is 0 Å². The summed E-state index contributed by atoms with van der Waals surface area (Å²) in [6.45, 7) is 6.84. The number of benzene rings is 1. The topological polar surface area (TPSA) is 12.0 Å². The fourth-order valence-electron chi connectivity index (χ4n) is 3.12. The van der Waals surface area contributed by atoms with E-state index in [1.165, 1.54) is 36.8 Å². The molecule has 0 heterocycles. The van der Waals surface area contributed by atoms with Gasteiger partial charge in [-0.3, -0.25) is 0 Å². The molecule has 1 N–H and O–H groups in total. The highest BCUT2D eigenvalue weighted by molar-refractivity contribution is 5.26. The first-order valence-corrected chi connectivity index (χ1v) is 8.01. The molecule has 0 spiro atoms. The smallest absolute Gasteiger partial charge is 0.0294 e. The maximum absolute atomic E-state index is 3.91. The van der Waals surface area contributed by atoms with Crippen molar-refractivity contribution in [2.45, 2.75) is 64.5 Å². The molecule has 0 amide bonds. The first-order chi connectivity index (χ1) is 9.15. The zero-order valence-corrected chi connectivity index (χ0v) is 12.5. The first kappa shape index (κ1) is 13.2. The van der Waals surface area contributed by atoms with Gasteiger partial charge in [-0.25, -0.2) is 0 Å². The predicted octanol–water partition coefficient (Wildman–Crippen LogP) is 4.65. The average molecular weight is 257 g/mol. The Labute approximate surface area is 117 Å². The van der Waals surface area contributed by atoms with E-state index in [0.717, 1.165) is 17.9 Å². The van der Waals surface area contributed by atoms with Gasteiger partial charge in [0, 0.05) is 12.1 Å². The van der Waals surface area contributed by atoms with E-state index in [4.69, 9.17) is 0 Å². The van der Waals surface area contributed by atoms with Crippen LogP contribution in [0.2, 0.25) is 0 Å². The van der Waals surface area contributed by atoms with Crippen LogP contribution in [0.4, 0.5) is 0 Å². The number of hydrogen-bond acceptors (Lipinski definition) is 1. The molecule has 3 rings (SSSR count). The lowest BCUT2D eigenvalue weighted by Gasteiger charge is -2.24. The summed E-state index contributed by atoms with van der Waals surface area (Å²) in [5.74, 6) is 2.58. The predicted molar refractivity (Wildman–Crippen MR) is 81.3 cm³/mol. The Morgan fingerprint density at radius 2 is 1.32 bits per heavy atom. The second kappa shape index (κ2) is 5.28. The van der Waals surface area contributed by atoms with E-state index in [1.807, 2.05) is 0 Å². The lowest BCUT2D eigenvalue weighted by atomic mass is 9.98. The molecule has 104 valence electrons. The van der Waals surface area contributed by atoms with E-state index in [1.54, 1.807) is 0 Å². The van der Waals surface area contributed by atoms with Gasteiger partial charge in [0.05, 0.1) is 0 Å². The quantitative estimate of drug-likeness (QED) is 0.782. The molecular weight excluding hydrogens is 230 g/mol. The van der Waals surface area contributed by atoms with E-state index < -0.39 is 0 Å². The van der Waals surface area contributed by atoms with E-state index in [9.17, 15) is 0 Å². The molecule has 1 atom stereocenters. The van der Waals surface area contributed by atoms with Gasteiger partial charge in [-0.1, -0.05) is 38.1 Å². The van der Waals surface area contributed by atoms with Crippen LogP contribution in [0.5, 0.6) is 0 Å². The summed E-state index contributed by atoms with van der Waals surface area (Å²) in [7, 11) is 0. The van der Waals surface area contributed by atoms with Crippen molar-refractivity contribution in [3.8, 4) is 0 Å². The Morgan fingerprint density at radius 3 is 1.74 bits per heavy atom. The van der Waals surface area contributed by atoms with Gasteiger partial charge in [0.1, 0.15) is 0 Å². The minimum atomic E-state index is 0.493. The van der Waals surface area contributed by atoms with Gasteiger partial charge in [0.15, 0.2) is 0 Å². The summed E-state index contributed by atoms with van der Waals surface area (Å²) >= 11 is 0. The van der Waals surface area contributed by atoms with Crippen LogP contribution < -0.4 is 5.32 Å². The first-order valence-electron chi connectivity index (χ1n) is 8.01. The van der Waals surface area contributed by atoms with E-state index >= 15 is 0 Å². The third-order valence-electron chi connectivity index (χ3n) is 4.81. The fourth-order valence-corrected chi connectivity index (χ4v) is 3.12. The Balaban J connectivity index is 1.63. The van der Waals surface area contributed by atoms with Gasteiger partial charge in [0.2, 0.25) is 0 Å². The van der Waals surface area contributed by atoms with Crippen LogP contribution >= 0.6 is 0 Å². The highest BCUT2D eigenvalue weighted by atomic mass is 15.0. The van der Waals surface area contributed by atoms with Crippen LogP contribution in [0.1, 0.15) is 69.5 Å². The minimum absolute atomic E-state index is 0.493. The zero-order valence-electron chi connectivity index (χ0n) is 12.5. The maximum atomic E-state index is 3.91. The lowest BCUT2D eigenvalue weighted by Crippen LogP contribution is -2.35. The van der Waals surface area contributed by atoms with Gasteiger partial charge in [-0.15, -0.1) is 0 Å². The normalized spacial score (nSPS) is 21.1. The van der Waals surface area contributed by atoms with Crippen LogP contribution in [-0.4, -0.2) is 6.04 Å². The van der Waals surface area contributed by atoms with Crippen LogP contribution in [0.3, 0.4) is 0 Å². The Bertz CT molecular complexity index is 400. The summed E-state index contributed by atoms with van der Waals surface area (Å²) in [5, 5.41) is 3.91. The molecule has 0 bridgehead atoms. The lowest BCUT2D eigenvalue weighted by molar-refractivity contribution is 0.377. The third-order valence-corrected chi connectivity index (χ3v) is 4.81. The molecule has 0 saturated heterocycles. The summed E-state index contributed by atoms with van der Waals surface area (Å²) in [4.78, 5) is 0. The van der Waals surface area contributed by atoms with Crippen LogP contribution in [-0.2, 0) is 0 Å². The third kappa shape index (κ3) is 3.20. The molecule has 2 aliphatic carbocycles. The second-order valence-electron chi connectivity index (χ2n) is 6.91. The number of nitrogens with one attached hydrogen (secondary N) is 1. The zero-order chi connectivity index (χ0) is 13.4. The Morgan fingerprint density at radius 1 is 0.842 bits per heavy atom. The van der Waals surface area contributed by atoms with Gasteiger partial charge in [0.25, 0.3) is 0 Å². The molecule has 1 heteroatoms. The Kier molecular flexibility index (Phi) is 3.66. The molecule has 2 aliphatic rings. The van der Waals surface area contributed by atoms with Crippen LogP contribution in [0.15, 0.2) is 24.3 Å². The van der Waals surface area contributed by atoms with E-state index in [2.05, 4.69) is 50.4 Å². The standard InChI is InChI=1S/C18H27N/c1-12(2)14-4-6-15(7-5-14)13(3)19-18(16-8-9-16)17-10-11-17/h4-7,12-13,16-19H,8-11H2,1-3H3. The van der Waals surface area contributed by atoms with Crippen molar-refractivity contribution in [2.24, 2.45) is 11.8 Å². The highest BCUT2D eigenvalue weighted by Gasteiger charge is 2.41. The van der Waals surface area contributed by atoms with Crippen molar-refractivity contribution in [3.05, 3.63) is 35.4 Å². The van der Waals surface area contributed by atoms with Crippen molar-refractivity contribution in [1.82, 2.24) is 5.32 Å². The van der Waals surface area contributed by atoms with Crippen molar-refractivity contribution in [3.63, 3.8) is 0 Å². The largest absolute Gasteiger partial charge is 0.307 e. The van der Waals surface area contributed by atoms with Crippen LogP contribution in [0.25, 0.3) is 0 Å².